The molecule has 0 bridgehead atoms. The number of aromatic nitrogens is 4. The van der Waals surface area contributed by atoms with Crippen LogP contribution in [0, 0.1) is 0 Å². The molecule has 3 aromatic heterocycles. The number of rotatable bonds is 5. The van der Waals surface area contributed by atoms with Gasteiger partial charge in [-0.3, -0.25) is 14.8 Å². The molecule has 146 valence electrons. The Morgan fingerprint density at radius 1 is 1.07 bits per heavy atom. The fourth-order valence-corrected chi connectivity index (χ4v) is 3.45. The summed E-state index contributed by atoms with van der Waals surface area (Å²) in [5.41, 5.74) is 1.78. The van der Waals surface area contributed by atoms with Gasteiger partial charge in [-0.05, 0) is 42.7 Å². The molecule has 1 aliphatic rings. The summed E-state index contributed by atoms with van der Waals surface area (Å²) in [6.07, 6.45) is 13.8. The van der Waals surface area contributed by atoms with Crippen LogP contribution in [-0.2, 0) is 4.79 Å². The highest BCUT2D eigenvalue weighted by Gasteiger charge is 2.27. The second kappa shape index (κ2) is 9.05. The molecular formula is C22H22N6O. The van der Waals surface area contributed by atoms with E-state index < -0.39 is 0 Å². The van der Waals surface area contributed by atoms with Gasteiger partial charge in [0.25, 0.3) is 0 Å². The van der Waals surface area contributed by atoms with Crippen LogP contribution < -0.4 is 5.32 Å². The third-order valence-corrected chi connectivity index (χ3v) is 4.86. The van der Waals surface area contributed by atoms with Crippen molar-refractivity contribution < 1.29 is 4.79 Å². The van der Waals surface area contributed by atoms with Crippen LogP contribution in [-0.4, -0.2) is 43.8 Å². The lowest BCUT2D eigenvalue weighted by atomic mass is 9.94. The SMILES string of the molecule is O=C(/C=C/c1cccnc1)N1CCC[C@H](c2nccnc2Nc2ccccn2)C1. The zero-order valence-electron chi connectivity index (χ0n) is 16.0. The lowest BCUT2D eigenvalue weighted by Crippen LogP contribution is -2.38. The molecule has 4 rings (SSSR count). The van der Waals surface area contributed by atoms with Gasteiger partial charge >= 0.3 is 0 Å². The van der Waals surface area contributed by atoms with E-state index in [0.29, 0.717) is 12.4 Å². The Hall–Kier alpha value is -3.61. The maximum Gasteiger partial charge on any atom is 0.246 e. The van der Waals surface area contributed by atoms with Gasteiger partial charge in [-0.2, -0.15) is 0 Å². The van der Waals surface area contributed by atoms with E-state index in [-0.39, 0.29) is 11.8 Å². The maximum absolute atomic E-state index is 12.7. The second-order valence-corrected chi connectivity index (χ2v) is 6.87. The number of nitrogens with zero attached hydrogens (tertiary/aromatic N) is 5. The average molecular weight is 386 g/mol. The smallest absolute Gasteiger partial charge is 0.246 e. The molecule has 1 atom stereocenters. The average Bonchev–Trinajstić information content (AvgIpc) is 2.79. The van der Waals surface area contributed by atoms with Crippen LogP contribution in [0.15, 0.2) is 67.4 Å². The fourth-order valence-electron chi connectivity index (χ4n) is 3.45. The highest BCUT2D eigenvalue weighted by atomic mass is 16.2. The van der Waals surface area contributed by atoms with Crippen molar-refractivity contribution in [2.24, 2.45) is 0 Å². The first-order valence-electron chi connectivity index (χ1n) is 9.65. The summed E-state index contributed by atoms with van der Waals surface area (Å²) in [7, 11) is 0. The quantitative estimate of drug-likeness (QED) is 0.677. The third-order valence-electron chi connectivity index (χ3n) is 4.86. The monoisotopic (exact) mass is 386 g/mol. The molecule has 4 heterocycles. The minimum absolute atomic E-state index is 0.00155. The first-order chi connectivity index (χ1) is 14.3. The van der Waals surface area contributed by atoms with Crippen LogP contribution in [0.3, 0.4) is 0 Å². The van der Waals surface area contributed by atoms with Crippen molar-refractivity contribution in [1.29, 1.82) is 0 Å². The minimum Gasteiger partial charge on any atom is -0.338 e. The van der Waals surface area contributed by atoms with Crippen molar-refractivity contribution in [2.75, 3.05) is 18.4 Å². The molecule has 0 saturated carbocycles. The van der Waals surface area contributed by atoms with Crippen LogP contribution >= 0.6 is 0 Å². The largest absolute Gasteiger partial charge is 0.338 e. The fraction of sp³-hybridized carbons (Fsp3) is 0.227. The van der Waals surface area contributed by atoms with E-state index in [1.165, 1.54) is 0 Å². The van der Waals surface area contributed by atoms with Gasteiger partial charge in [0.1, 0.15) is 5.82 Å². The molecule has 29 heavy (non-hydrogen) atoms. The number of likely N-dealkylation sites (tertiary alicyclic amines) is 1. The number of carbonyl (C=O) groups is 1. The van der Waals surface area contributed by atoms with Gasteiger partial charge in [0.15, 0.2) is 5.82 Å². The van der Waals surface area contributed by atoms with Crippen molar-refractivity contribution in [3.05, 3.63) is 78.6 Å². The van der Waals surface area contributed by atoms with Crippen LogP contribution in [0.4, 0.5) is 11.6 Å². The summed E-state index contributed by atoms with van der Waals surface area (Å²) in [6.45, 7) is 1.36. The van der Waals surface area contributed by atoms with Crippen molar-refractivity contribution in [1.82, 2.24) is 24.8 Å². The summed E-state index contributed by atoms with van der Waals surface area (Å²) < 4.78 is 0. The first-order valence-corrected chi connectivity index (χ1v) is 9.65. The van der Waals surface area contributed by atoms with Gasteiger partial charge in [0.2, 0.25) is 5.91 Å². The zero-order chi connectivity index (χ0) is 19.9. The Labute approximate surface area is 169 Å². The summed E-state index contributed by atoms with van der Waals surface area (Å²) in [5.74, 6) is 1.54. The van der Waals surface area contributed by atoms with Gasteiger partial charge in [-0.15, -0.1) is 0 Å². The maximum atomic E-state index is 12.7. The van der Waals surface area contributed by atoms with Crippen LogP contribution in [0.1, 0.15) is 30.0 Å². The molecule has 0 spiro atoms. The van der Waals surface area contributed by atoms with Crippen molar-refractivity contribution in [2.45, 2.75) is 18.8 Å². The molecule has 1 aliphatic heterocycles. The predicted octanol–water partition coefficient (Wildman–Crippen LogP) is 3.43. The van der Waals surface area contributed by atoms with Gasteiger partial charge < -0.3 is 10.2 Å². The van der Waals surface area contributed by atoms with Crippen LogP contribution in [0.5, 0.6) is 0 Å². The van der Waals surface area contributed by atoms with Crippen molar-refractivity contribution in [3.8, 4) is 0 Å². The number of carbonyl (C=O) groups excluding carboxylic acids is 1. The molecule has 0 aromatic carbocycles. The summed E-state index contributed by atoms with van der Waals surface area (Å²) in [6, 6.07) is 9.45. The summed E-state index contributed by atoms with van der Waals surface area (Å²) >= 11 is 0. The Kier molecular flexibility index (Phi) is 5.85. The van der Waals surface area contributed by atoms with Crippen LogP contribution in [0.2, 0.25) is 0 Å². The topological polar surface area (TPSA) is 83.9 Å². The summed E-state index contributed by atoms with van der Waals surface area (Å²) in [4.78, 5) is 31.9. The molecular weight excluding hydrogens is 364 g/mol. The third kappa shape index (κ3) is 4.82. The predicted molar refractivity (Wildman–Crippen MR) is 111 cm³/mol. The van der Waals surface area contributed by atoms with E-state index in [2.05, 4.69) is 25.3 Å². The lowest BCUT2D eigenvalue weighted by Gasteiger charge is -2.32. The number of amides is 1. The molecule has 1 N–H and O–H groups in total. The highest BCUT2D eigenvalue weighted by Crippen LogP contribution is 2.30. The van der Waals surface area contributed by atoms with Gasteiger partial charge in [-0.1, -0.05) is 12.1 Å². The molecule has 7 heteroatoms. The summed E-state index contributed by atoms with van der Waals surface area (Å²) in [5, 5.41) is 3.25. The van der Waals surface area contributed by atoms with E-state index in [1.807, 2.05) is 35.2 Å². The Morgan fingerprint density at radius 3 is 2.83 bits per heavy atom. The lowest BCUT2D eigenvalue weighted by molar-refractivity contribution is -0.127. The molecule has 7 nitrogen and oxygen atoms in total. The number of pyridine rings is 2. The molecule has 1 amide bonds. The van der Waals surface area contributed by atoms with Crippen molar-refractivity contribution in [3.63, 3.8) is 0 Å². The van der Waals surface area contributed by atoms with Crippen molar-refractivity contribution >= 4 is 23.6 Å². The van der Waals surface area contributed by atoms with Gasteiger partial charge in [0.05, 0.1) is 5.69 Å². The van der Waals surface area contributed by atoms with Crippen LogP contribution in [0.25, 0.3) is 6.08 Å². The molecule has 0 aliphatic carbocycles. The van der Waals surface area contributed by atoms with E-state index in [9.17, 15) is 4.79 Å². The van der Waals surface area contributed by atoms with E-state index in [1.54, 1.807) is 43.1 Å². The normalized spacial score (nSPS) is 16.7. The number of piperidine rings is 1. The molecule has 1 fully saturated rings. The van der Waals surface area contributed by atoms with Gasteiger partial charge in [-0.25, -0.2) is 9.97 Å². The number of hydrogen-bond acceptors (Lipinski definition) is 6. The molecule has 0 unspecified atom stereocenters. The van der Waals surface area contributed by atoms with E-state index in [4.69, 9.17) is 0 Å². The highest BCUT2D eigenvalue weighted by molar-refractivity contribution is 5.91. The first kappa shape index (κ1) is 18.7. The Bertz CT molecular complexity index is 977. The minimum atomic E-state index is 0.00155. The Balaban J connectivity index is 1.47. The van der Waals surface area contributed by atoms with Gasteiger partial charge in [0, 0.05) is 56.1 Å². The molecule has 3 aromatic rings. The second-order valence-electron chi connectivity index (χ2n) is 6.87. The van der Waals surface area contributed by atoms with E-state index in [0.717, 1.165) is 36.5 Å². The molecule has 0 radical (unpaired) electrons. The standard InChI is InChI=1S/C22H22N6O/c29-20(9-8-17-5-3-10-23-15-17)28-14-4-6-18(16-28)21-22(26-13-12-25-21)27-19-7-1-2-11-24-19/h1-3,5,7-13,15,18H,4,6,14,16H2,(H,24,26,27)/b9-8+/t18-/m0/s1. The Morgan fingerprint density at radius 2 is 2.00 bits per heavy atom. The van der Waals surface area contributed by atoms with E-state index >= 15 is 0 Å². The number of hydrogen-bond donors (Lipinski definition) is 1. The molecule has 1 saturated heterocycles. The zero-order valence-corrected chi connectivity index (χ0v) is 16.0. The number of nitrogens with one attached hydrogen (secondary N) is 1. The number of anilines is 2.